The molecular formula is C20H28O6. The van der Waals surface area contributed by atoms with Gasteiger partial charge in [0.05, 0.1) is 38.1 Å². The van der Waals surface area contributed by atoms with E-state index < -0.39 is 5.97 Å². The zero-order chi connectivity index (χ0) is 18.5. The van der Waals surface area contributed by atoms with Gasteiger partial charge >= 0.3 is 5.97 Å². The van der Waals surface area contributed by atoms with Crippen molar-refractivity contribution >= 4 is 5.97 Å². The fourth-order valence-corrected chi connectivity index (χ4v) is 3.20. The summed E-state index contributed by atoms with van der Waals surface area (Å²) in [4.78, 5) is 11.9. The van der Waals surface area contributed by atoms with Crippen LogP contribution in [0.4, 0.5) is 0 Å². The Morgan fingerprint density at radius 3 is 1.81 bits per heavy atom. The van der Waals surface area contributed by atoms with Gasteiger partial charge in [0.1, 0.15) is 24.7 Å². The van der Waals surface area contributed by atoms with Crippen LogP contribution in [-0.2, 0) is 14.2 Å². The zero-order valence-corrected chi connectivity index (χ0v) is 15.7. The Bertz CT molecular complexity index is 570. The van der Waals surface area contributed by atoms with Crippen molar-refractivity contribution in [3.63, 3.8) is 0 Å². The minimum atomic E-state index is -0.419. The van der Waals surface area contributed by atoms with E-state index >= 15 is 0 Å². The van der Waals surface area contributed by atoms with Gasteiger partial charge in [-0.05, 0) is 25.0 Å². The molecular weight excluding hydrogens is 336 g/mol. The lowest BCUT2D eigenvalue weighted by atomic mass is 9.96. The maximum atomic E-state index is 11.9. The van der Waals surface area contributed by atoms with Crippen molar-refractivity contribution in [1.82, 2.24) is 0 Å². The Hall–Kier alpha value is -1.79. The van der Waals surface area contributed by atoms with Crippen LogP contribution < -0.4 is 9.47 Å². The first-order valence-corrected chi connectivity index (χ1v) is 9.36. The Balaban J connectivity index is 1.64. The summed E-state index contributed by atoms with van der Waals surface area (Å²) in [6, 6.07) is 5.14. The Morgan fingerprint density at radius 1 is 0.962 bits per heavy atom. The predicted molar refractivity (Wildman–Crippen MR) is 95.8 cm³/mol. The molecule has 0 saturated carbocycles. The minimum absolute atomic E-state index is 0.111. The van der Waals surface area contributed by atoms with Crippen LogP contribution in [0, 0.1) is 11.8 Å². The molecule has 0 aliphatic carbocycles. The van der Waals surface area contributed by atoms with Crippen LogP contribution in [-0.4, -0.2) is 51.7 Å². The van der Waals surface area contributed by atoms with Gasteiger partial charge in [-0.15, -0.1) is 0 Å². The summed E-state index contributed by atoms with van der Waals surface area (Å²) in [5.41, 5.74) is 0.406. The lowest BCUT2D eigenvalue weighted by molar-refractivity contribution is -0.132. The van der Waals surface area contributed by atoms with Crippen molar-refractivity contribution < 1.29 is 28.5 Å². The zero-order valence-electron chi connectivity index (χ0n) is 15.7. The molecule has 26 heavy (non-hydrogen) atoms. The van der Waals surface area contributed by atoms with Crippen molar-refractivity contribution in [1.29, 1.82) is 0 Å². The average molecular weight is 364 g/mol. The third-order valence-electron chi connectivity index (χ3n) is 5.28. The van der Waals surface area contributed by atoms with E-state index in [-0.39, 0.29) is 12.2 Å². The van der Waals surface area contributed by atoms with Gasteiger partial charge < -0.3 is 23.7 Å². The summed E-state index contributed by atoms with van der Waals surface area (Å²) in [7, 11) is 1.36. The van der Waals surface area contributed by atoms with Crippen molar-refractivity contribution in [3.05, 3.63) is 23.8 Å². The van der Waals surface area contributed by atoms with Crippen LogP contribution in [0.3, 0.4) is 0 Å². The van der Waals surface area contributed by atoms with E-state index in [2.05, 4.69) is 13.8 Å². The molecule has 1 aromatic carbocycles. The number of ether oxygens (including phenoxy) is 5. The van der Waals surface area contributed by atoms with Gasteiger partial charge in [0.15, 0.2) is 0 Å². The first kappa shape index (κ1) is 19.0. The molecule has 0 aromatic heterocycles. The number of hydrogen-bond donors (Lipinski definition) is 0. The molecule has 0 radical (unpaired) electrons. The first-order chi connectivity index (χ1) is 12.6. The van der Waals surface area contributed by atoms with Gasteiger partial charge in [-0.1, -0.05) is 13.8 Å². The lowest BCUT2D eigenvalue weighted by Crippen LogP contribution is -2.43. The van der Waals surface area contributed by atoms with Gasteiger partial charge in [0.25, 0.3) is 0 Å². The van der Waals surface area contributed by atoms with E-state index in [1.807, 2.05) is 0 Å². The molecule has 4 unspecified atom stereocenters. The molecule has 3 rings (SSSR count). The molecule has 2 fully saturated rings. The van der Waals surface area contributed by atoms with Crippen molar-refractivity contribution in [2.75, 3.05) is 33.5 Å². The van der Waals surface area contributed by atoms with E-state index in [1.165, 1.54) is 7.11 Å². The van der Waals surface area contributed by atoms with Gasteiger partial charge in [-0.3, -0.25) is 0 Å². The van der Waals surface area contributed by atoms with E-state index in [4.69, 9.17) is 23.7 Å². The number of benzene rings is 1. The molecule has 6 heteroatoms. The Morgan fingerprint density at radius 2 is 1.46 bits per heavy atom. The highest BCUT2D eigenvalue weighted by Crippen LogP contribution is 2.29. The molecule has 144 valence electrons. The smallest absolute Gasteiger partial charge is 0.338 e. The topological polar surface area (TPSA) is 63.2 Å². The highest BCUT2D eigenvalue weighted by molar-refractivity contribution is 5.90. The summed E-state index contributed by atoms with van der Waals surface area (Å²) >= 11 is 0. The lowest BCUT2D eigenvalue weighted by Gasteiger charge is -2.36. The number of esters is 1. The fraction of sp³-hybridized carbons (Fsp3) is 0.650. The molecule has 2 aliphatic heterocycles. The van der Waals surface area contributed by atoms with Crippen molar-refractivity contribution in [3.8, 4) is 11.5 Å². The number of carbonyl (C=O) groups is 1. The molecule has 0 amide bonds. The van der Waals surface area contributed by atoms with Gasteiger partial charge in [-0.2, -0.15) is 0 Å². The number of methoxy groups -OCH3 is 1. The summed E-state index contributed by atoms with van der Waals surface area (Å²) in [6.07, 6.45) is 2.37. The molecule has 6 nitrogen and oxygen atoms in total. The molecule has 0 spiro atoms. The summed E-state index contributed by atoms with van der Waals surface area (Å²) in [5, 5.41) is 0. The van der Waals surface area contributed by atoms with Crippen LogP contribution >= 0.6 is 0 Å². The maximum Gasteiger partial charge on any atom is 0.338 e. The number of hydrogen-bond acceptors (Lipinski definition) is 6. The third kappa shape index (κ3) is 4.30. The Labute approximate surface area is 154 Å². The number of carbonyl (C=O) groups excluding carboxylic acids is 1. The average Bonchev–Trinajstić information content (AvgIpc) is 2.60. The van der Waals surface area contributed by atoms with Crippen LogP contribution in [0.5, 0.6) is 11.5 Å². The van der Waals surface area contributed by atoms with E-state index in [1.54, 1.807) is 18.2 Å². The second-order valence-corrected chi connectivity index (χ2v) is 6.89. The molecule has 0 N–H and O–H groups in total. The molecule has 2 aliphatic rings. The quantitative estimate of drug-likeness (QED) is 0.628. The summed E-state index contributed by atoms with van der Waals surface area (Å²) < 4.78 is 27.7. The van der Waals surface area contributed by atoms with Gasteiger partial charge in [0.2, 0.25) is 0 Å². The Kier molecular flexibility index (Phi) is 6.38. The first-order valence-electron chi connectivity index (χ1n) is 9.36. The normalized spacial score (nSPS) is 27.2. The molecule has 4 atom stereocenters. The van der Waals surface area contributed by atoms with Crippen LogP contribution in [0.2, 0.25) is 0 Å². The summed E-state index contributed by atoms with van der Waals surface area (Å²) in [6.45, 7) is 6.81. The fourth-order valence-electron chi connectivity index (χ4n) is 3.20. The van der Waals surface area contributed by atoms with E-state index in [0.29, 0.717) is 42.1 Å². The van der Waals surface area contributed by atoms with Crippen LogP contribution in [0.25, 0.3) is 0 Å². The number of rotatable bonds is 9. The monoisotopic (exact) mass is 364 g/mol. The molecule has 2 saturated heterocycles. The molecule has 0 bridgehead atoms. The standard InChI is InChI=1S/C20H28O6/c1-4-13-9-25-18(13)11-23-16-6-15(20(21)22-3)7-17(8-16)24-12-19-14(5-2)10-26-19/h6-8,13-14,18-19H,4-5,9-12H2,1-3H3. The minimum Gasteiger partial charge on any atom is -0.491 e. The second-order valence-electron chi connectivity index (χ2n) is 6.89. The third-order valence-corrected chi connectivity index (χ3v) is 5.28. The van der Waals surface area contributed by atoms with Crippen molar-refractivity contribution in [2.45, 2.75) is 38.9 Å². The van der Waals surface area contributed by atoms with Crippen LogP contribution in [0.1, 0.15) is 37.0 Å². The summed E-state index contributed by atoms with van der Waals surface area (Å²) in [5.74, 6) is 1.81. The van der Waals surface area contributed by atoms with Crippen LogP contribution in [0.15, 0.2) is 18.2 Å². The second kappa shape index (κ2) is 8.73. The highest BCUT2D eigenvalue weighted by Gasteiger charge is 2.32. The largest absolute Gasteiger partial charge is 0.491 e. The van der Waals surface area contributed by atoms with Crippen molar-refractivity contribution in [2.24, 2.45) is 11.8 Å². The van der Waals surface area contributed by atoms with E-state index in [9.17, 15) is 4.79 Å². The van der Waals surface area contributed by atoms with Gasteiger partial charge in [-0.25, -0.2) is 4.79 Å². The highest BCUT2D eigenvalue weighted by atomic mass is 16.6. The van der Waals surface area contributed by atoms with Gasteiger partial charge in [0, 0.05) is 17.9 Å². The maximum absolute atomic E-state index is 11.9. The SMILES string of the molecule is CCC1COC1COc1cc(OCC2OCC2CC)cc(C(=O)OC)c1. The molecule has 1 aromatic rings. The predicted octanol–water partition coefficient (Wildman–Crippen LogP) is 3.08. The van der Waals surface area contributed by atoms with E-state index in [0.717, 1.165) is 26.1 Å². The molecule has 2 heterocycles.